The van der Waals surface area contributed by atoms with Crippen LogP contribution in [-0.2, 0) is 4.79 Å². The second kappa shape index (κ2) is 3.92. The molecule has 2 heterocycles. The molecule has 4 nitrogen and oxygen atoms in total. The van der Waals surface area contributed by atoms with Crippen molar-refractivity contribution in [2.24, 2.45) is 0 Å². The highest BCUT2D eigenvalue weighted by molar-refractivity contribution is 6.30. The second-order valence-corrected chi connectivity index (χ2v) is 3.66. The van der Waals surface area contributed by atoms with Gasteiger partial charge in [0.2, 0.25) is 5.95 Å². The number of carbonyl (C=O) groups excluding carboxylic acids is 1. The molecule has 0 unspecified atom stereocenters. The van der Waals surface area contributed by atoms with E-state index >= 15 is 0 Å². The van der Waals surface area contributed by atoms with Crippen LogP contribution in [0.25, 0.3) is 0 Å². The van der Waals surface area contributed by atoms with Crippen LogP contribution in [0.1, 0.15) is 12.8 Å². The van der Waals surface area contributed by atoms with E-state index < -0.39 is 0 Å². The topological polar surface area (TPSA) is 46.1 Å². The lowest BCUT2D eigenvalue weighted by molar-refractivity contribution is -0.119. The van der Waals surface area contributed by atoms with Crippen molar-refractivity contribution < 1.29 is 4.79 Å². The number of aromatic nitrogens is 2. The zero-order chi connectivity index (χ0) is 9.97. The third kappa shape index (κ3) is 2.01. The Balaban J connectivity index is 2.08. The predicted octanol–water partition coefficient (Wildman–Crippen LogP) is 1.30. The summed E-state index contributed by atoms with van der Waals surface area (Å²) in [6, 6.07) is 0. The lowest BCUT2D eigenvalue weighted by Gasteiger charge is -2.25. The van der Waals surface area contributed by atoms with Crippen molar-refractivity contribution in [3.63, 3.8) is 0 Å². The van der Waals surface area contributed by atoms with E-state index in [1.807, 2.05) is 4.90 Å². The Bertz CT molecular complexity index is 328. The Morgan fingerprint density at radius 1 is 1.21 bits per heavy atom. The Kier molecular flexibility index (Phi) is 2.63. The fourth-order valence-corrected chi connectivity index (χ4v) is 1.52. The standard InChI is InChI=1S/C9H10ClN3O/c10-7-5-11-9(12-6-7)13-3-1-8(14)2-4-13/h5-6H,1-4H2. The number of nitrogens with zero attached hydrogens (tertiary/aromatic N) is 3. The fourth-order valence-electron chi connectivity index (χ4n) is 1.42. The van der Waals surface area contributed by atoms with Crippen molar-refractivity contribution in [3.8, 4) is 0 Å². The molecule has 0 saturated carbocycles. The first-order chi connectivity index (χ1) is 6.75. The van der Waals surface area contributed by atoms with Crippen molar-refractivity contribution >= 4 is 23.3 Å². The van der Waals surface area contributed by atoms with Gasteiger partial charge in [0.15, 0.2) is 0 Å². The molecule has 1 aromatic heterocycles. The SMILES string of the molecule is O=C1CCN(c2ncc(Cl)cn2)CC1. The molecule has 0 N–H and O–H groups in total. The zero-order valence-corrected chi connectivity index (χ0v) is 8.37. The number of piperidine rings is 1. The Labute approximate surface area is 86.9 Å². The van der Waals surface area contributed by atoms with Crippen molar-refractivity contribution in [1.82, 2.24) is 9.97 Å². The lowest BCUT2D eigenvalue weighted by atomic mass is 10.1. The molecule has 0 bridgehead atoms. The summed E-state index contributed by atoms with van der Waals surface area (Å²) >= 11 is 5.68. The largest absolute Gasteiger partial charge is 0.340 e. The van der Waals surface area contributed by atoms with E-state index in [9.17, 15) is 4.79 Å². The highest BCUT2D eigenvalue weighted by Crippen LogP contribution is 2.14. The monoisotopic (exact) mass is 211 g/mol. The van der Waals surface area contributed by atoms with E-state index in [2.05, 4.69) is 9.97 Å². The molecule has 2 rings (SSSR count). The molecule has 74 valence electrons. The van der Waals surface area contributed by atoms with Gasteiger partial charge in [-0.05, 0) is 0 Å². The van der Waals surface area contributed by atoms with Crippen molar-refractivity contribution in [3.05, 3.63) is 17.4 Å². The molecule has 1 fully saturated rings. The summed E-state index contributed by atoms with van der Waals surface area (Å²) in [5, 5.41) is 0.529. The van der Waals surface area contributed by atoms with Crippen molar-refractivity contribution in [1.29, 1.82) is 0 Å². The van der Waals surface area contributed by atoms with Gasteiger partial charge in [0, 0.05) is 25.9 Å². The van der Waals surface area contributed by atoms with E-state index in [0.717, 1.165) is 0 Å². The number of carbonyl (C=O) groups is 1. The first-order valence-electron chi connectivity index (χ1n) is 4.50. The molecule has 1 saturated heterocycles. The van der Waals surface area contributed by atoms with Gasteiger partial charge in [0.1, 0.15) is 5.78 Å². The normalized spacial score (nSPS) is 17.2. The summed E-state index contributed by atoms with van der Waals surface area (Å²) in [6.07, 6.45) is 4.32. The number of hydrogen-bond acceptors (Lipinski definition) is 4. The number of hydrogen-bond donors (Lipinski definition) is 0. The van der Waals surface area contributed by atoms with Gasteiger partial charge in [-0.3, -0.25) is 4.79 Å². The third-order valence-corrected chi connectivity index (χ3v) is 2.41. The number of Topliss-reactive ketones (excluding diaryl/α,β-unsaturated/α-hetero) is 1. The average Bonchev–Trinajstić information content (AvgIpc) is 2.21. The Morgan fingerprint density at radius 3 is 2.36 bits per heavy atom. The van der Waals surface area contributed by atoms with E-state index in [4.69, 9.17) is 11.6 Å². The van der Waals surface area contributed by atoms with Gasteiger partial charge in [0.25, 0.3) is 0 Å². The molecular formula is C9H10ClN3O. The molecular weight excluding hydrogens is 202 g/mol. The van der Waals surface area contributed by atoms with Gasteiger partial charge < -0.3 is 4.90 Å². The predicted molar refractivity (Wildman–Crippen MR) is 53.5 cm³/mol. The number of anilines is 1. The van der Waals surface area contributed by atoms with Gasteiger partial charge >= 0.3 is 0 Å². The van der Waals surface area contributed by atoms with Crippen LogP contribution in [0, 0.1) is 0 Å². The van der Waals surface area contributed by atoms with E-state index in [1.54, 1.807) is 12.4 Å². The van der Waals surface area contributed by atoms with Gasteiger partial charge in [-0.25, -0.2) is 9.97 Å². The van der Waals surface area contributed by atoms with Gasteiger partial charge in [-0.15, -0.1) is 0 Å². The van der Waals surface area contributed by atoms with Crippen LogP contribution >= 0.6 is 11.6 Å². The first-order valence-corrected chi connectivity index (χ1v) is 4.88. The summed E-state index contributed by atoms with van der Waals surface area (Å²) in [7, 11) is 0. The van der Waals surface area contributed by atoms with Crippen LogP contribution in [0.2, 0.25) is 5.02 Å². The van der Waals surface area contributed by atoms with Gasteiger partial charge in [-0.1, -0.05) is 11.6 Å². The molecule has 0 spiro atoms. The van der Waals surface area contributed by atoms with E-state index in [-0.39, 0.29) is 0 Å². The fraction of sp³-hybridized carbons (Fsp3) is 0.444. The smallest absolute Gasteiger partial charge is 0.225 e. The second-order valence-electron chi connectivity index (χ2n) is 3.23. The maximum Gasteiger partial charge on any atom is 0.225 e. The van der Waals surface area contributed by atoms with Crippen molar-refractivity contribution in [2.75, 3.05) is 18.0 Å². The number of halogens is 1. The number of rotatable bonds is 1. The van der Waals surface area contributed by atoms with E-state index in [1.165, 1.54) is 0 Å². The van der Waals surface area contributed by atoms with Crippen LogP contribution in [0.4, 0.5) is 5.95 Å². The van der Waals surface area contributed by atoms with Gasteiger partial charge in [0.05, 0.1) is 17.4 Å². The summed E-state index contributed by atoms with van der Waals surface area (Å²) in [6.45, 7) is 1.42. The maximum atomic E-state index is 11.0. The molecule has 1 aromatic rings. The Morgan fingerprint density at radius 2 is 1.79 bits per heavy atom. The zero-order valence-electron chi connectivity index (χ0n) is 7.61. The van der Waals surface area contributed by atoms with Crippen LogP contribution < -0.4 is 4.90 Å². The minimum Gasteiger partial charge on any atom is -0.340 e. The molecule has 0 aromatic carbocycles. The quantitative estimate of drug-likeness (QED) is 0.703. The third-order valence-electron chi connectivity index (χ3n) is 2.21. The minimum atomic E-state index is 0.315. The molecule has 1 aliphatic heterocycles. The van der Waals surface area contributed by atoms with E-state index in [0.29, 0.717) is 42.7 Å². The average molecular weight is 212 g/mol. The molecule has 0 atom stereocenters. The van der Waals surface area contributed by atoms with Crippen molar-refractivity contribution in [2.45, 2.75) is 12.8 Å². The summed E-state index contributed by atoms with van der Waals surface area (Å²) < 4.78 is 0. The summed E-state index contributed by atoms with van der Waals surface area (Å²) in [5.41, 5.74) is 0. The Hall–Kier alpha value is -1.16. The molecule has 0 radical (unpaired) electrons. The summed E-state index contributed by atoms with van der Waals surface area (Å²) in [5.74, 6) is 0.970. The molecule has 1 aliphatic rings. The maximum absolute atomic E-state index is 11.0. The summed E-state index contributed by atoms with van der Waals surface area (Å²) in [4.78, 5) is 21.2. The highest BCUT2D eigenvalue weighted by atomic mass is 35.5. The molecule has 5 heteroatoms. The van der Waals surface area contributed by atoms with Crippen LogP contribution in [-0.4, -0.2) is 28.8 Å². The van der Waals surface area contributed by atoms with Gasteiger partial charge in [-0.2, -0.15) is 0 Å². The van der Waals surface area contributed by atoms with Crippen LogP contribution in [0.15, 0.2) is 12.4 Å². The van der Waals surface area contributed by atoms with Crippen LogP contribution in [0.5, 0.6) is 0 Å². The van der Waals surface area contributed by atoms with Crippen LogP contribution in [0.3, 0.4) is 0 Å². The highest BCUT2D eigenvalue weighted by Gasteiger charge is 2.17. The lowest BCUT2D eigenvalue weighted by Crippen LogP contribution is -2.34. The number of ketones is 1. The molecule has 14 heavy (non-hydrogen) atoms. The first kappa shape index (κ1) is 9.40. The molecule has 0 amide bonds. The molecule has 0 aliphatic carbocycles. The minimum absolute atomic E-state index is 0.315.